The van der Waals surface area contributed by atoms with Crippen LogP contribution >= 0.6 is 11.3 Å². The maximum atomic E-state index is 13.3. The van der Waals surface area contributed by atoms with Crippen LogP contribution in [0, 0.1) is 6.92 Å². The van der Waals surface area contributed by atoms with Gasteiger partial charge in [-0.3, -0.25) is 14.5 Å². The van der Waals surface area contributed by atoms with Crippen molar-refractivity contribution in [1.29, 1.82) is 0 Å². The third-order valence-corrected chi connectivity index (χ3v) is 7.05. The molecule has 1 aliphatic heterocycles. The fourth-order valence-corrected chi connectivity index (χ4v) is 5.02. The van der Waals surface area contributed by atoms with E-state index in [0.29, 0.717) is 29.8 Å². The van der Waals surface area contributed by atoms with Crippen LogP contribution in [0.3, 0.4) is 0 Å². The summed E-state index contributed by atoms with van der Waals surface area (Å²) in [6.07, 6.45) is 0.833. The molecule has 1 N–H and O–H groups in total. The largest absolute Gasteiger partial charge is 0.311 e. The molecule has 34 heavy (non-hydrogen) atoms. The van der Waals surface area contributed by atoms with Gasteiger partial charge in [-0.2, -0.15) is 0 Å². The van der Waals surface area contributed by atoms with Crippen LogP contribution in [0.15, 0.2) is 52.6 Å². The highest BCUT2D eigenvalue weighted by atomic mass is 32.1. The number of thiazole rings is 1. The number of fused-ring (bicyclic) bond motifs is 2. The zero-order valence-electron chi connectivity index (χ0n) is 19.5. The topological polar surface area (TPSA) is 82.2 Å². The van der Waals surface area contributed by atoms with E-state index < -0.39 is 0 Å². The van der Waals surface area contributed by atoms with Gasteiger partial charge < -0.3 is 9.88 Å². The Kier molecular flexibility index (Phi) is 6.02. The summed E-state index contributed by atoms with van der Waals surface area (Å²) in [6, 6.07) is 13.6. The average Bonchev–Trinajstić information content (AvgIpc) is 3.44. The number of carbonyl (C=O) groups is 1. The Hall–Kier alpha value is -3.36. The van der Waals surface area contributed by atoms with Crippen LogP contribution in [0.25, 0.3) is 22.2 Å². The Morgan fingerprint density at radius 1 is 1.21 bits per heavy atom. The predicted molar refractivity (Wildman–Crippen MR) is 136 cm³/mol. The number of rotatable bonds is 6. The van der Waals surface area contributed by atoms with Crippen molar-refractivity contribution >= 4 is 33.8 Å². The van der Waals surface area contributed by atoms with Crippen LogP contribution in [0.1, 0.15) is 30.2 Å². The summed E-state index contributed by atoms with van der Waals surface area (Å²) in [7, 11) is 0. The summed E-state index contributed by atoms with van der Waals surface area (Å²) < 4.78 is 0. The normalized spacial score (nSPS) is 13.3. The minimum absolute atomic E-state index is 0.0489. The molecule has 174 valence electrons. The molecule has 2 aromatic carbocycles. The maximum Gasteiger partial charge on any atom is 0.258 e. The molecular formula is C26H27N5O2S. The standard InChI is InChI=1S/C26H27N5O2S/c1-16(2)30(13-24-28-21-7-5-4-6-20(21)26(33)29-24)14-25(32)31-11-10-19-12-18(8-9-23(19)31)22-15-34-17(3)27-22/h4-9,12,15-16H,10-11,13-14H2,1-3H3,(H,28,29,33). The van der Waals surface area contributed by atoms with Gasteiger partial charge in [0.1, 0.15) is 5.82 Å². The highest BCUT2D eigenvalue weighted by molar-refractivity contribution is 7.09. The van der Waals surface area contributed by atoms with Gasteiger partial charge in [0.15, 0.2) is 0 Å². The lowest BCUT2D eigenvalue weighted by Gasteiger charge is -2.28. The highest BCUT2D eigenvalue weighted by Gasteiger charge is 2.27. The number of H-pyrrole nitrogens is 1. The van der Waals surface area contributed by atoms with Gasteiger partial charge in [0.05, 0.1) is 34.7 Å². The molecule has 0 bridgehead atoms. The molecule has 2 aromatic heterocycles. The summed E-state index contributed by atoms with van der Waals surface area (Å²) in [6.45, 7) is 7.42. The molecule has 5 rings (SSSR count). The first-order chi connectivity index (χ1) is 16.4. The third-order valence-electron chi connectivity index (χ3n) is 6.27. The number of amides is 1. The van der Waals surface area contributed by atoms with Crippen molar-refractivity contribution in [2.45, 2.75) is 39.8 Å². The minimum atomic E-state index is -0.157. The average molecular weight is 474 g/mol. The van der Waals surface area contributed by atoms with Crippen molar-refractivity contribution in [3.63, 3.8) is 0 Å². The molecule has 4 aromatic rings. The van der Waals surface area contributed by atoms with Crippen molar-refractivity contribution in [2.75, 3.05) is 18.0 Å². The van der Waals surface area contributed by atoms with Crippen LogP contribution in [-0.4, -0.2) is 44.9 Å². The van der Waals surface area contributed by atoms with Crippen LogP contribution in [0.4, 0.5) is 5.69 Å². The summed E-state index contributed by atoms with van der Waals surface area (Å²) in [5.74, 6) is 0.614. The molecule has 0 saturated heterocycles. The first-order valence-corrected chi connectivity index (χ1v) is 12.3. The minimum Gasteiger partial charge on any atom is -0.311 e. The van der Waals surface area contributed by atoms with E-state index in [0.717, 1.165) is 28.4 Å². The Morgan fingerprint density at radius 2 is 2.03 bits per heavy atom. The quantitative estimate of drug-likeness (QED) is 0.455. The van der Waals surface area contributed by atoms with Crippen molar-refractivity contribution in [1.82, 2.24) is 19.9 Å². The van der Waals surface area contributed by atoms with Crippen LogP contribution in [-0.2, 0) is 17.8 Å². The molecule has 7 nitrogen and oxygen atoms in total. The highest BCUT2D eigenvalue weighted by Crippen LogP contribution is 2.33. The molecular weight excluding hydrogens is 446 g/mol. The number of nitrogens with one attached hydrogen (secondary N) is 1. The van der Waals surface area contributed by atoms with E-state index in [1.165, 1.54) is 5.56 Å². The van der Waals surface area contributed by atoms with Gasteiger partial charge >= 0.3 is 0 Å². The van der Waals surface area contributed by atoms with Gasteiger partial charge in [-0.05, 0) is 57.0 Å². The van der Waals surface area contributed by atoms with E-state index in [-0.39, 0.29) is 24.1 Å². The second kappa shape index (κ2) is 9.12. The van der Waals surface area contributed by atoms with Gasteiger partial charge in [-0.1, -0.05) is 18.2 Å². The lowest BCUT2D eigenvalue weighted by Crippen LogP contribution is -2.42. The van der Waals surface area contributed by atoms with Crippen LogP contribution in [0.5, 0.6) is 0 Å². The van der Waals surface area contributed by atoms with Crippen LogP contribution in [0.2, 0.25) is 0 Å². The molecule has 0 atom stereocenters. The molecule has 1 amide bonds. The molecule has 0 aliphatic carbocycles. The number of para-hydroxylation sites is 1. The van der Waals surface area contributed by atoms with Gasteiger partial charge in [0.25, 0.3) is 5.56 Å². The van der Waals surface area contributed by atoms with Crippen molar-refractivity contribution in [2.24, 2.45) is 0 Å². The van der Waals surface area contributed by atoms with E-state index >= 15 is 0 Å². The molecule has 0 spiro atoms. The van der Waals surface area contributed by atoms with Gasteiger partial charge in [-0.25, -0.2) is 9.97 Å². The number of aryl methyl sites for hydroxylation is 1. The first kappa shape index (κ1) is 22.4. The number of anilines is 1. The molecule has 1 aliphatic rings. The molecule has 3 heterocycles. The maximum absolute atomic E-state index is 13.3. The van der Waals surface area contributed by atoms with Crippen molar-refractivity contribution < 1.29 is 4.79 Å². The van der Waals surface area contributed by atoms with E-state index in [1.54, 1.807) is 17.4 Å². The summed E-state index contributed by atoms with van der Waals surface area (Å²) >= 11 is 1.64. The monoisotopic (exact) mass is 473 g/mol. The Labute approximate surface area is 202 Å². The van der Waals surface area contributed by atoms with Gasteiger partial charge in [0, 0.05) is 29.2 Å². The fraction of sp³-hybridized carbons (Fsp3) is 0.308. The zero-order valence-corrected chi connectivity index (χ0v) is 20.4. The van der Waals surface area contributed by atoms with Crippen molar-refractivity contribution in [3.8, 4) is 11.3 Å². The molecule has 8 heteroatoms. The molecule has 0 fully saturated rings. The Bertz CT molecular complexity index is 1420. The smallest absolute Gasteiger partial charge is 0.258 e. The third kappa shape index (κ3) is 4.38. The molecule has 0 radical (unpaired) electrons. The number of carbonyl (C=O) groups excluding carboxylic acids is 1. The number of hydrogen-bond acceptors (Lipinski definition) is 6. The van der Waals surface area contributed by atoms with Crippen molar-refractivity contribution in [3.05, 3.63) is 74.6 Å². The second-order valence-electron chi connectivity index (χ2n) is 8.92. The summed E-state index contributed by atoms with van der Waals surface area (Å²) in [5, 5.41) is 3.68. The lowest BCUT2D eigenvalue weighted by molar-refractivity contribution is -0.120. The molecule has 0 saturated carbocycles. The van der Waals surface area contributed by atoms with E-state index in [1.807, 2.05) is 60.9 Å². The lowest BCUT2D eigenvalue weighted by atomic mass is 10.1. The van der Waals surface area contributed by atoms with Gasteiger partial charge in [-0.15, -0.1) is 11.3 Å². The number of nitrogens with zero attached hydrogens (tertiary/aromatic N) is 4. The SMILES string of the molecule is Cc1nc(-c2ccc3c(c2)CCN3C(=O)CN(Cc2nc3ccccc3c(=O)[nH]2)C(C)C)cs1. The molecule has 0 unspecified atom stereocenters. The number of hydrogen-bond donors (Lipinski definition) is 1. The number of benzene rings is 2. The van der Waals surface area contributed by atoms with E-state index in [2.05, 4.69) is 26.4 Å². The predicted octanol–water partition coefficient (Wildman–Crippen LogP) is 4.15. The second-order valence-corrected chi connectivity index (χ2v) is 9.98. The summed E-state index contributed by atoms with van der Waals surface area (Å²) in [4.78, 5) is 41.8. The van der Waals surface area contributed by atoms with Gasteiger partial charge in [0.2, 0.25) is 5.91 Å². The zero-order chi connectivity index (χ0) is 23.8. The number of aromatic nitrogens is 3. The Balaban J connectivity index is 1.33. The van der Waals surface area contributed by atoms with Crippen LogP contribution < -0.4 is 10.5 Å². The Morgan fingerprint density at radius 3 is 2.79 bits per heavy atom. The summed E-state index contributed by atoms with van der Waals surface area (Å²) in [5.41, 5.74) is 4.73. The van der Waals surface area contributed by atoms with E-state index in [9.17, 15) is 9.59 Å². The first-order valence-electron chi connectivity index (χ1n) is 11.5. The van der Waals surface area contributed by atoms with E-state index in [4.69, 9.17) is 0 Å². The fourth-order valence-electron chi connectivity index (χ4n) is 4.40. The number of aromatic amines is 1.